The number of aliphatic hydroxyl groups excluding tert-OH is 1. The lowest BCUT2D eigenvalue weighted by molar-refractivity contribution is -0.161. The summed E-state index contributed by atoms with van der Waals surface area (Å²) in [4.78, 5) is 71.8. The number of phosphoric ester groups is 2. The summed E-state index contributed by atoms with van der Waals surface area (Å²) in [5.41, 5.74) is 0. The van der Waals surface area contributed by atoms with Crippen molar-refractivity contribution in [3.05, 3.63) is 0 Å². The summed E-state index contributed by atoms with van der Waals surface area (Å²) in [7, 11) is -9.87. The van der Waals surface area contributed by atoms with E-state index in [1.165, 1.54) is 109 Å². The van der Waals surface area contributed by atoms with Crippen LogP contribution in [-0.2, 0) is 65.4 Å². The highest BCUT2D eigenvalue weighted by molar-refractivity contribution is 7.47. The Hall–Kier alpha value is -1.94. The Bertz CT molecular complexity index is 1600. The van der Waals surface area contributed by atoms with E-state index >= 15 is 0 Å². The van der Waals surface area contributed by atoms with Gasteiger partial charge in [0.05, 0.1) is 26.4 Å². The lowest BCUT2D eigenvalue weighted by Gasteiger charge is -2.21. The van der Waals surface area contributed by atoms with E-state index in [0.717, 1.165) is 115 Å². The van der Waals surface area contributed by atoms with E-state index in [1.807, 2.05) is 0 Å². The molecule has 5 atom stereocenters. The maximum Gasteiger partial charge on any atom is 0.472 e. The molecule has 0 aliphatic carbocycles. The molecular weight excluding hydrogens is 1080 g/mol. The second-order valence-corrected chi connectivity index (χ2v) is 26.3. The average molecular weight is 1200 g/mol. The van der Waals surface area contributed by atoms with Gasteiger partial charge in [0.25, 0.3) is 0 Å². The number of phosphoric acid groups is 2. The van der Waals surface area contributed by atoms with E-state index in [0.29, 0.717) is 25.7 Å². The third kappa shape index (κ3) is 56.9. The number of hydrogen-bond donors (Lipinski definition) is 3. The van der Waals surface area contributed by atoms with Gasteiger partial charge in [0.15, 0.2) is 12.2 Å². The summed E-state index contributed by atoms with van der Waals surface area (Å²) < 4.78 is 67.7. The molecule has 0 saturated heterocycles. The number of hydrogen-bond acceptors (Lipinski definition) is 15. The van der Waals surface area contributed by atoms with Crippen LogP contribution in [0.2, 0.25) is 0 Å². The third-order valence-electron chi connectivity index (χ3n) is 14.2. The minimum atomic E-state index is -4.94. The first-order valence-corrected chi connectivity index (χ1v) is 35.5. The van der Waals surface area contributed by atoms with Crippen LogP contribution in [0, 0.1) is 11.8 Å². The molecule has 81 heavy (non-hydrogen) atoms. The Morgan fingerprint density at radius 2 is 0.568 bits per heavy atom. The third-order valence-corrected chi connectivity index (χ3v) is 16.1. The van der Waals surface area contributed by atoms with E-state index in [2.05, 4.69) is 41.5 Å². The van der Waals surface area contributed by atoms with E-state index in [-0.39, 0.29) is 25.7 Å². The molecule has 0 aromatic rings. The Morgan fingerprint density at radius 3 is 0.840 bits per heavy atom. The number of rotatable bonds is 61. The van der Waals surface area contributed by atoms with Gasteiger partial charge in [-0.25, -0.2) is 9.13 Å². The maximum atomic E-state index is 13.0. The molecule has 0 aromatic carbocycles. The Balaban J connectivity index is 5.16. The minimum Gasteiger partial charge on any atom is -0.462 e. The van der Waals surface area contributed by atoms with Crippen molar-refractivity contribution < 1.29 is 80.2 Å². The van der Waals surface area contributed by atoms with E-state index in [9.17, 15) is 43.2 Å². The van der Waals surface area contributed by atoms with Gasteiger partial charge in [-0.2, -0.15) is 0 Å². The number of carbonyl (C=O) groups excluding carboxylic acids is 4. The molecule has 0 aliphatic heterocycles. The molecule has 480 valence electrons. The zero-order valence-corrected chi connectivity index (χ0v) is 53.9. The predicted octanol–water partition coefficient (Wildman–Crippen LogP) is 16.9. The minimum absolute atomic E-state index is 0.104. The van der Waals surface area contributed by atoms with Gasteiger partial charge in [0.1, 0.15) is 19.3 Å². The fourth-order valence-electron chi connectivity index (χ4n) is 9.18. The van der Waals surface area contributed by atoms with Crippen molar-refractivity contribution >= 4 is 39.5 Å². The van der Waals surface area contributed by atoms with Crippen LogP contribution in [0.3, 0.4) is 0 Å². The van der Waals surface area contributed by atoms with Gasteiger partial charge in [-0.05, 0) is 37.5 Å². The first kappa shape index (κ1) is 79.1. The fraction of sp³-hybridized carbons (Fsp3) is 0.935. The predicted molar refractivity (Wildman–Crippen MR) is 321 cm³/mol. The van der Waals surface area contributed by atoms with Gasteiger partial charge >= 0.3 is 39.5 Å². The molecule has 0 bridgehead atoms. The molecule has 2 unspecified atom stereocenters. The first-order chi connectivity index (χ1) is 38.9. The van der Waals surface area contributed by atoms with Crippen LogP contribution in [0.5, 0.6) is 0 Å². The highest BCUT2D eigenvalue weighted by Gasteiger charge is 2.30. The van der Waals surface area contributed by atoms with Gasteiger partial charge in [-0.3, -0.25) is 37.3 Å². The molecule has 0 aromatic heterocycles. The Kier molecular flexibility index (Phi) is 53.4. The molecule has 17 nitrogen and oxygen atoms in total. The van der Waals surface area contributed by atoms with Gasteiger partial charge in [0.2, 0.25) is 0 Å². The number of unbranched alkanes of at least 4 members (excludes halogenated alkanes) is 31. The fourth-order valence-corrected chi connectivity index (χ4v) is 10.8. The molecule has 0 amide bonds. The molecule has 3 N–H and O–H groups in total. The molecule has 0 radical (unpaired) electrons. The van der Waals surface area contributed by atoms with Crippen LogP contribution >= 0.6 is 15.6 Å². The summed E-state index contributed by atoms with van der Waals surface area (Å²) in [6, 6.07) is 0. The Labute approximate surface area is 492 Å². The van der Waals surface area contributed by atoms with E-state index < -0.39 is 97.5 Å². The zero-order valence-electron chi connectivity index (χ0n) is 52.1. The van der Waals surface area contributed by atoms with Crippen molar-refractivity contribution in [1.29, 1.82) is 0 Å². The topological polar surface area (TPSA) is 237 Å². The molecular formula is C62H120O17P2. The smallest absolute Gasteiger partial charge is 0.462 e. The van der Waals surface area contributed by atoms with Gasteiger partial charge in [0, 0.05) is 25.7 Å². The maximum absolute atomic E-state index is 13.0. The summed E-state index contributed by atoms with van der Waals surface area (Å²) >= 11 is 0. The summed E-state index contributed by atoms with van der Waals surface area (Å²) in [5.74, 6) is -0.619. The molecule has 0 fully saturated rings. The number of esters is 4. The SMILES string of the molecule is CCCCCCCCCCC(=O)O[C@H](COC(=O)CCCCCCC)COP(=O)(O)OC[C@H](O)COP(=O)(O)OC[C@@H](COC(=O)CCCCCCCCCCCC(C)C)OC(=O)CCCCCCCCCCCCCCCC(C)C. The van der Waals surface area contributed by atoms with E-state index in [4.69, 9.17) is 37.0 Å². The van der Waals surface area contributed by atoms with Crippen molar-refractivity contribution in [2.45, 2.75) is 323 Å². The zero-order chi connectivity index (χ0) is 60.1. The highest BCUT2D eigenvalue weighted by atomic mass is 31.2. The van der Waals surface area contributed by atoms with Crippen molar-refractivity contribution in [2.75, 3.05) is 39.6 Å². The lowest BCUT2D eigenvalue weighted by Crippen LogP contribution is -2.30. The quantitative estimate of drug-likeness (QED) is 0.0222. The van der Waals surface area contributed by atoms with Crippen molar-refractivity contribution in [1.82, 2.24) is 0 Å². The largest absolute Gasteiger partial charge is 0.472 e. The van der Waals surface area contributed by atoms with Crippen LogP contribution in [0.15, 0.2) is 0 Å². The summed E-state index contributed by atoms with van der Waals surface area (Å²) in [6.07, 6.45) is 36.6. The van der Waals surface area contributed by atoms with Crippen LogP contribution in [-0.4, -0.2) is 96.7 Å². The first-order valence-electron chi connectivity index (χ1n) is 32.5. The van der Waals surface area contributed by atoms with Crippen LogP contribution in [0.4, 0.5) is 0 Å². The molecule has 0 heterocycles. The highest BCUT2D eigenvalue weighted by Crippen LogP contribution is 2.45. The molecule has 0 spiro atoms. The lowest BCUT2D eigenvalue weighted by atomic mass is 10.0. The molecule has 0 aliphatic rings. The summed E-state index contributed by atoms with van der Waals surface area (Å²) in [6.45, 7) is 9.36. The van der Waals surface area contributed by atoms with Crippen molar-refractivity contribution in [2.24, 2.45) is 11.8 Å². The molecule has 0 saturated carbocycles. The molecule has 19 heteroatoms. The standard InChI is InChI=1S/C62H120O17P2/c1-7-9-11-13-14-27-34-40-46-61(66)78-57(50-72-59(64)44-38-30-12-10-8-2)52-76-80(68,69)74-48-56(63)49-75-81(70,71)77-53-58(51-73-60(65)45-39-33-28-24-20-22-26-32-37-43-55(5)6)79-62(67)47-41-35-29-23-19-17-15-16-18-21-25-31-36-42-54(3)4/h54-58,63H,7-53H2,1-6H3,(H,68,69)(H,70,71)/t56-,57+,58+/m0/s1. The van der Waals surface area contributed by atoms with Crippen molar-refractivity contribution in [3.63, 3.8) is 0 Å². The van der Waals surface area contributed by atoms with Crippen LogP contribution in [0.25, 0.3) is 0 Å². The Morgan fingerprint density at radius 1 is 0.333 bits per heavy atom. The van der Waals surface area contributed by atoms with E-state index in [1.54, 1.807) is 0 Å². The molecule has 0 rings (SSSR count). The van der Waals surface area contributed by atoms with Gasteiger partial charge in [-0.15, -0.1) is 0 Å². The van der Waals surface area contributed by atoms with Gasteiger partial charge < -0.3 is 33.8 Å². The van der Waals surface area contributed by atoms with Gasteiger partial charge in [-0.1, -0.05) is 253 Å². The van der Waals surface area contributed by atoms with Crippen LogP contribution < -0.4 is 0 Å². The average Bonchev–Trinajstić information content (AvgIpc) is 3.42. The van der Waals surface area contributed by atoms with Crippen LogP contribution in [0.1, 0.15) is 305 Å². The monoisotopic (exact) mass is 1200 g/mol. The van der Waals surface area contributed by atoms with Crippen molar-refractivity contribution in [3.8, 4) is 0 Å². The number of ether oxygens (including phenoxy) is 4. The number of carbonyl (C=O) groups is 4. The normalized spacial score (nSPS) is 14.4. The number of aliphatic hydroxyl groups is 1. The second kappa shape index (κ2) is 54.7. The summed E-state index contributed by atoms with van der Waals surface area (Å²) in [5, 5.41) is 10.5. The second-order valence-electron chi connectivity index (χ2n) is 23.4.